The highest BCUT2D eigenvalue weighted by atomic mass is 32.2. The maximum atomic E-state index is 13.0. The SMILES string of the molecule is O=C(NC1CCCC1)[C@H]1CCCN1S(=O)(=O)c1ccc(F)cc1. The molecule has 2 fully saturated rings. The van der Waals surface area contributed by atoms with Crippen molar-refractivity contribution >= 4 is 15.9 Å². The van der Waals surface area contributed by atoms with E-state index in [2.05, 4.69) is 5.32 Å². The molecule has 1 aliphatic heterocycles. The van der Waals surface area contributed by atoms with E-state index in [1.165, 1.54) is 16.4 Å². The van der Waals surface area contributed by atoms with E-state index in [0.29, 0.717) is 19.4 Å². The number of nitrogens with one attached hydrogen (secondary N) is 1. The van der Waals surface area contributed by atoms with Gasteiger partial charge in [-0.25, -0.2) is 12.8 Å². The summed E-state index contributed by atoms with van der Waals surface area (Å²) in [5.74, 6) is -0.694. The summed E-state index contributed by atoms with van der Waals surface area (Å²) in [5, 5.41) is 2.98. The Kier molecular flexibility index (Phi) is 4.68. The standard InChI is InChI=1S/C16H21FN2O3S/c17-12-7-9-14(10-8-12)23(21,22)19-11-3-6-15(19)16(20)18-13-4-1-2-5-13/h7-10,13,15H,1-6,11H2,(H,18,20)/t15-/m1/s1. The van der Waals surface area contributed by atoms with Gasteiger partial charge >= 0.3 is 0 Å². The zero-order valence-electron chi connectivity index (χ0n) is 12.9. The lowest BCUT2D eigenvalue weighted by atomic mass is 10.2. The van der Waals surface area contributed by atoms with Gasteiger partial charge in [-0.1, -0.05) is 12.8 Å². The lowest BCUT2D eigenvalue weighted by molar-refractivity contribution is -0.124. The van der Waals surface area contributed by atoms with Gasteiger partial charge in [0.25, 0.3) is 0 Å². The molecular weight excluding hydrogens is 319 g/mol. The molecule has 1 N–H and O–H groups in total. The van der Waals surface area contributed by atoms with Crippen molar-refractivity contribution in [2.75, 3.05) is 6.54 Å². The first kappa shape index (κ1) is 16.4. The molecule has 0 aromatic heterocycles. The summed E-state index contributed by atoms with van der Waals surface area (Å²) in [5.41, 5.74) is 0. The van der Waals surface area contributed by atoms with Crippen LogP contribution >= 0.6 is 0 Å². The molecule has 1 aliphatic carbocycles. The molecule has 5 nitrogen and oxygen atoms in total. The number of amides is 1. The van der Waals surface area contributed by atoms with Crippen molar-refractivity contribution in [2.24, 2.45) is 0 Å². The number of nitrogens with zero attached hydrogens (tertiary/aromatic N) is 1. The van der Waals surface area contributed by atoms with E-state index in [1.807, 2.05) is 0 Å². The normalized spacial score (nSPS) is 23.3. The van der Waals surface area contributed by atoms with Gasteiger partial charge < -0.3 is 5.32 Å². The van der Waals surface area contributed by atoms with Crippen LogP contribution < -0.4 is 5.32 Å². The molecular formula is C16H21FN2O3S. The molecule has 0 radical (unpaired) electrons. The maximum absolute atomic E-state index is 13.0. The van der Waals surface area contributed by atoms with Crippen molar-refractivity contribution in [1.82, 2.24) is 9.62 Å². The molecule has 1 atom stereocenters. The fourth-order valence-corrected chi connectivity index (χ4v) is 5.06. The minimum atomic E-state index is -3.78. The van der Waals surface area contributed by atoms with Crippen LogP contribution in [0.3, 0.4) is 0 Å². The summed E-state index contributed by atoms with van der Waals surface area (Å²) in [7, 11) is -3.78. The van der Waals surface area contributed by atoms with Crippen molar-refractivity contribution < 1.29 is 17.6 Å². The Bertz CT molecular complexity index is 669. The number of carbonyl (C=O) groups excluding carboxylic acids is 1. The summed E-state index contributed by atoms with van der Waals surface area (Å²) in [6.07, 6.45) is 5.31. The van der Waals surface area contributed by atoms with Crippen LogP contribution in [0.2, 0.25) is 0 Å². The highest BCUT2D eigenvalue weighted by Gasteiger charge is 2.40. The van der Waals surface area contributed by atoms with Crippen LogP contribution in [0.1, 0.15) is 38.5 Å². The van der Waals surface area contributed by atoms with Crippen molar-refractivity contribution in [1.29, 1.82) is 0 Å². The fourth-order valence-electron chi connectivity index (χ4n) is 3.40. The summed E-state index contributed by atoms with van der Waals surface area (Å²) in [6.45, 7) is 0.322. The smallest absolute Gasteiger partial charge is 0.243 e. The largest absolute Gasteiger partial charge is 0.352 e. The van der Waals surface area contributed by atoms with Crippen LogP contribution in [0, 0.1) is 5.82 Å². The van der Waals surface area contributed by atoms with Gasteiger partial charge in [-0.3, -0.25) is 4.79 Å². The summed E-state index contributed by atoms with van der Waals surface area (Å²) < 4.78 is 39.7. The number of hydrogen-bond acceptors (Lipinski definition) is 3. The van der Waals surface area contributed by atoms with Crippen molar-refractivity contribution in [2.45, 2.75) is 55.5 Å². The number of rotatable bonds is 4. The summed E-state index contributed by atoms with van der Waals surface area (Å²) in [4.78, 5) is 12.5. The van der Waals surface area contributed by atoms with Gasteiger partial charge in [0.15, 0.2) is 0 Å². The second-order valence-corrected chi connectivity index (χ2v) is 8.11. The minimum Gasteiger partial charge on any atom is -0.352 e. The third-order valence-electron chi connectivity index (χ3n) is 4.63. The molecule has 23 heavy (non-hydrogen) atoms. The molecule has 1 aromatic rings. The Hall–Kier alpha value is -1.47. The van der Waals surface area contributed by atoms with Crippen LogP contribution in [-0.2, 0) is 14.8 Å². The third-order valence-corrected chi connectivity index (χ3v) is 6.55. The second kappa shape index (κ2) is 6.57. The van der Waals surface area contributed by atoms with Gasteiger partial charge in [0.2, 0.25) is 15.9 Å². The van der Waals surface area contributed by atoms with Crippen molar-refractivity contribution in [3.05, 3.63) is 30.1 Å². The van der Waals surface area contributed by atoms with E-state index < -0.39 is 21.9 Å². The second-order valence-electron chi connectivity index (χ2n) is 6.22. The molecule has 1 aromatic carbocycles. The predicted octanol–water partition coefficient (Wildman–Crippen LogP) is 2.04. The number of sulfonamides is 1. The van der Waals surface area contributed by atoms with E-state index >= 15 is 0 Å². The van der Waals surface area contributed by atoms with Gasteiger partial charge in [0.05, 0.1) is 4.90 Å². The molecule has 0 bridgehead atoms. The summed E-state index contributed by atoms with van der Waals surface area (Å²) in [6, 6.07) is 4.24. The van der Waals surface area contributed by atoms with E-state index in [1.54, 1.807) is 0 Å². The highest BCUT2D eigenvalue weighted by Crippen LogP contribution is 2.27. The van der Waals surface area contributed by atoms with Gasteiger partial charge in [-0.05, 0) is 49.9 Å². The van der Waals surface area contributed by atoms with Crippen molar-refractivity contribution in [3.63, 3.8) is 0 Å². The Morgan fingerprint density at radius 1 is 1.09 bits per heavy atom. The van der Waals surface area contributed by atoms with Crippen LogP contribution in [0.15, 0.2) is 29.2 Å². The molecule has 1 saturated heterocycles. The molecule has 1 heterocycles. The molecule has 3 rings (SSSR count). The minimum absolute atomic E-state index is 0.0273. The number of carbonyl (C=O) groups is 1. The average Bonchev–Trinajstić information content (AvgIpc) is 3.19. The number of halogens is 1. The lowest BCUT2D eigenvalue weighted by Gasteiger charge is -2.24. The van der Waals surface area contributed by atoms with Gasteiger partial charge in [0, 0.05) is 12.6 Å². The average molecular weight is 340 g/mol. The van der Waals surface area contributed by atoms with Crippen molar-refractivity contribution in [3.8, 4) is 0 Å². The van der Waals surface area contributed by atoms with E-state index in [4.69, 9.17) is 0 Å². The Balaban J connectivity index is 1.77. The predicted molar refractivity (Wildman–Crippen MR) is 83.7 cm³/mol. The third kappa shape index (κ3) is 3.40. The lowest BCUT2D eigenvalue weighted by Crippen LogP contribution is -2.48. The van der Waals surface area contributed by atoms with Gasteiger partial charge in [-0.15, -0.1) is 0 Å². The number of benzene rings is 1. The van der Waals surface area contributed by atoms with Crippen LogP contribution in [0.25, 0.3) is 0 Å². The first-order valence-electron chi connectivity index (χ1n) is 8.06. The number of hydrogen-bond donors (Lipinski definition) is 1. The Morgan fingerprint density at radius 3 is 2.39 bits per heavy atom. The molecule has 1 amide bonds. The van der Waals surface area contributed by atoms with E-state index in [-0.39, 0.29) is 16.8 Å². The molecule has 2 aliphatic rings. The Morgan fingerprint density at radius 2 is 1.74 bits per heavy atom. The molecule has 7 heteroatoms. The van der Waals surface area contributed by atoms with Gasteiger partial charge in [-0.2, -0.15) is 4.31 Å². The Labute approximate surface area is 135 Å². The molecule has 0 spiro atoms. The van der Waals surface area contributed by atoms with E-state index in [0.717, 1.165) is 37.8 Å². The maximum Gasteiger partial charge on any atom is 0.243 e. The zero-order chi connectivity index (χ0) is 16.4. The van der Waals surface area contributed by atoms with Crippen LogP contribution in [0.5, 0.6) is 0 Å². The molecule has 126 valence electrons. The zero-order valence-corrected chi connectivity index (χ0v) is 13.7. The monoisotopic (exact) mass is 340 g/mol. The molecule has 0 unspecified atom stereocenters. The summed E-state index contributed by atoms with van der Waals surface area (Å²) >= 11 is 0. The van der Waals surface area contributed by atoms with E-state index in [9.17, 15) is 17.6 Å². The van der Waals surface area contributed by atoms with Gasteiger partial charge in [0.1, 0.15) is 11.9 Å². The highest BCUT2D eigenvalue weighted by molar-refractivity contribution is 7.89. The first-order valence-corrected chi connectivity index (χ1v) is 9.50. The quantitative estimate of drug-likeness (QED) is 0.912. The first-order chi connectivity index (χ1) is 11.0. The topological polar surface area (TPSA) is 66.5 Å². The van der Waals surface area contributed by atoms with Crippen LogP contribution in [0.4, 0.5) is 4.39 Å². The van der Waals surface area contributed by atoms with Crippen LogP contribution in [-0.4, -0.2) is 37.3 Å². The molecule has 1 saturated carbocycles. The fraction of sp³-hybridized carbons (Fsp3) is 0.562.